The maximum Gasteiger partial charge on any atom is 0.196 e. The number of ether oxygens (including phenoxy) is 1. The van der Waals surface area contributed by atoms with Gasteiger partial charge in [0.1, 0.15) is 16.5 Å². The van der Waals surface area contributed by atoms with Crippen LogP contribution in [0.4, 0.5) is 11.6 Å². The Bertz CT molecular complexity index is 1140. The quantitative estimate of drug-likeness (QED) is 0.492. The van der Waals surface area contributed by atoms with E-state index in [0.29, 0.717) is 24.5 Å². The molecule has 1 aliphatic rings. The number of rotatable bonds is 4. The molecule has 1 aliphatic heterocycles. The normalized spacial score (nSPS) is 14.8. The Morgan fingerprint density at radius 3 is 2.79 bits per heavy atom. The lowest BCUT2D eigenvalue weighted by Crippen LogP contribution is -2.35. The number of thiazole rings is 1. The minimum atomic E-state index is 0.190. The van der Waals surface area contributed by atoms with E-state index in [-0.39, 0.29) is 5.75 Å². The summed E-state index contributed by atoms with van der Waals surface area (Å²) in [5.41, 5.74) is 2.32. The second-order valence-corrected chi connectivity index (χ2v) is 7.75. The first-order chi connectivity index (χ1) is 14.3. The summed E-state index contributed by atoms with van der Waals surface area (Å²) >= 11 is 1.55. The van der Waals surface area contributed by atoms with E-state index in [0.717, 1.165) is 39.9 Å². The van der Waals surface area contributed by atoms with Crippen LogP contribution in [0.15, 0.2) is 64.0 Å². The third-order valence-electron chi connectivity index (χ3n) is 4.78. The van der Waals surface area contributed by atoms with Crippen molar-refractivity contribution in [2.45, 2.75) is 0 Å². The molecule has 0 atom stereocenters. The van der Waals surface area contributed by atoms with Gasteiger partial charge in [-0.05, 0) is 36.4 Å². The van der Waals surface area contributed by atoms with Crippen molar-refractivity contribution in [1.82, 2.24) is 4.98 Å². The van der Waals surface area contributed by atoms with E-state index >= 15 is 0 Å². The van der Waals surface area contributed by atoms with Gasteiger partial charge in [0.2, 0.25) is 0 Å². The lowest BCUT2D eigenvalue weighted by molar-refractivity contribution is 0.120. The zero-order valence-electron chi connectivity index (χ0n) is 15.6. The predicted molar refractivity (Wildman–Crippen MR) is 116 cm³/mol. The molecule has 1 N–H and O–H groups in total. The van der Waals surface area contributed by atoms with Gasteiger partial charge in [-0.2, -0.15) is 0 Å². The van der Waals surface area contributed by atoms with E-state index in [1.807, 2.05) is 42.5 Å². The number of benzene rings is 2. The molecule has 0 amide bonds. The molecule has 4 aromatic rings. The maximum atomic E-state index is 10.3. The molecule has 1 fully saturated rings. The number of morpholine rings is 1. The average Bonchev–Trinajstić information content (AvgIpc) is 3.41. The SMILES string of the molecule is Oc1ccc(N=Cc2ccc(N3CCOCC3)o2)cc1-c1nc2ccccc2s1. The molecule has 0 radical (unpaired) electrons. The number of hydrogen-bond acceptors (Lipinski definition) is 7. The Morgan fingerprint density at radius 2 is 1.93 bits per heavy atom. The number of nitrogens with zero attached hydrogens (tertiary/aromatic N) is 3. The summed E-state index contributed by atoms with van der Waals surface area (Å²) in [4.78, 5) is 11.3. The first kappa shape index (κ1) is 17.9. The zero-order valence-corrected chi connectivity index (χ0v) is 16.4. The third kappa shape index (κ3) is 3.74. The van der Waals surface area contributed by atoms with Gasteiger partial charge >= 0.3 is 0 Å². The van der Waals surface area contributed by atoms with Gasteiger partial charge < -0.3 is 19.2 Å². The summed E-state index contributed by atoms with van der Waals surface area (Å²) in [7, 11) is 0. The number of phenolic OH excluding ortho intramolecular Hbond substituents is 1. The van der Waals surface area contributed by atoms with Crippen molar-refractivity contribution in [3.05, 3.63) is 60.4 Å². The fourth-order valence-electron chi connectivity index (χ4n) is 3.27. The van der Waals surface area contributed by atoms with Crippen LogP contribution >= 0.6 is 11.3 Å². The van der Waals surface area contributed by atoms with Crippen molar-refractivity contribution >= 4 is 39.3 Å². The number of fused-ring (bicyclic) bond motifs is 1. The van der Waals surface area contributed by atoms with E-state index < -0.39 is 0 Å². The maximum absolute atomic E-state index is 10.3. The summed E-state index contributed by atoms with van der Waals surface area (Å²) in [6.07, 6.45) is 1.69. The fraction of sp³-hybridized carbons (Fsp3) is 0.182. The minimum absolute atomic E-state index is 0.190. The van der Waals surface area contributed by atoms with Crippen LogP contribution < -0.4 is 4.90 Å². The second kappa shape index (κ2) is 7.69. The molecular weight excluding hydrogens is 386 g/mol. The molecule has 0 spiro atoms. The van der Waals surface area contributed by atoms with Gasteiger partial charge in [-0.3, -0.25) is 4.99 Å². The van der Waals surface area contributed by atoms with Crippen LogP contribution in [-0.2, 0) is 4.74 Å². The van der Waals surface area contributed by atoms with Crippen molar-refractivity contribution < 1.29 is 14.3 Å². The minimum Gasteiger partial charge on any atom is -0.507 e. The van der Waals surface area contributed by atoms with Crippen molar-refractivity contribution in [2.24, 2.45) is 4.99 Å². The van der Waals surface area contributed by atoms with Crippen LogP contribution in [0.2, 0.25) is 0 Å². The Labute approximate surface area is 171 Å². The standard InChI is InChI=1S/C22H19N3O3S/c26-19-7-5-15(13-17(19)22-24-18-3-1-2-4-20(18)29-22)23-14-16-6-8-21(28-16)25-9-11-27-12-10-25/h1-8,13-14,26H,9-12H2. The van der Waals surface area contributed by atoms with Crippen molar-refractivity contribution in [3.8, 4) is 16.3 Å². The number of aliphatic imine (C=N–C) groups is 1. The van der Waals surface area contributed by atoms with Crippen molar-refractivity contribution in [1.29, 1.82) is 0 Å². The van der Waals surface area contributed by atoms with Crippen LogP contribution in [0.3, 0.4) is 0 Å². The predicted octanol–water partition coefficient (Wildman–Crippen LogP) is 4.85. The van der Waals surface area contributed by atoms with E-state index in [2.05, 4.69) is 14.9 Å². The molecule has 6 nitrogen and oxygen atoms in total. The molecule has 0 aliphatic carbocycles. The van der Waals surface area contributed by atoms with Crippen molar-refractivity contribution in [3.63, 3.8) is 0 Å². The van der Waals surface area contributed by atoms with Crippen LogP contribution in [0, 0.1) is 0 Å². The van der Waals surface area contributed by atoms with E-state index in [1.165, 1.54) is 0 Å². The van der Waals surface area contributed by atoms with Crippen LogP contribution in [0.25, 0.3) is 20.8 Å². The van der Waals surface area contributed by atoms with Crippen LogP contribution in [0.1, 0.15) is 5.76 Å². The molecule has 2 aromatic heterocycles. The fourth-order valence-corrected chi connectivity index (χ4v) is 4.26. The highest BCUT2D eigenvalue weighted by Crippen LogP contribution is 2.37. The first-order valence-corrected chi connectivity index (χ1v) is 10.2. The van der Waals surface area contributed by atoms with Crippen molar-refractivity contribution in [2.75, 3.05) is 31.2 Å². The van der Waals surface area contributed by atoms with E-state index in [4.69, 9.17) is 9.15 Å². The molecule has 7 heteroatoms. The van der Waals surface area contributed by atoms with E-state index in [9.17, 15) is 5.11 Å². The lowest BCUT2D eigenvalue weighted by atomic mass is 10.2. The highest BCUT2D eigenvalue weighted by Gasteiger charge is 2.14. The average molecular weight is 405 g/mol. The lowest BCUT2D eigenvalue weighted by Gasteiger charge is -2.26. The number of para-hydroxylation sites is 1. The third-order valence-corrected chi connectivity index (χ3v) is 5.85. The largest absolute Gasteiger partial charge is 0.507 e. The van der Waals surface area contributed by atoms with Crippen LogP contribution in [-0.4, -0.2) is 42.6 Å². The topological polar surface area (TPSA) is 71.1 Å². The van der Waals surface area contributed by atoms with Gasteiger partial charge in [-0.1, -0.05) is 12.1 Å². The van der Waals surface area contributed by atoms with Gasteiger partial charge in [0.05, 0.1) is 40.9 Å². The Balaban J connectivity index is 1.39. The Kier molecular flexibility index (Phi) is 4.75. The number of hydrogen-bond donors (Lipinski definition) is 1. The second-order valence-electron chi connectivity index (χ2n) is 6.72. The van der Waals surface area contributed by atoms with Gasteiger partial charge in [0.25, 0.3) is 0 Å². The molecule has 29 heavy (non-hydrogen) atoms. The smallest absolute Gasteiger partial charge is 0.196 e. The molecular formula is C22H19N3O3S. The summed E-state index contributed by atoms with van der Waals surface area (Å²) in [5, 5.41) is 11.1. The van der Waals surface area contributed by atoms with Gasteiger partial charge in [-0.25, -0.2) is 4.98 Å². The molecule has 146 valence electrons. The molecule has 0 bridgehead atoms. The van der Waals surface area contributed by atoms with Gasteiger partial charge in [0, 0.05) is 19.2 Å². The zero-order chi connectivity index (χ0) is 19.6. The summed E-state index contributed by atoms with van der Waals surface area (Å²) < 4.78 is 12.3. The van der Waals surface area contributed by atoms with Crippen LogP contribution in [0.5, 0.6) is 5.75 Å². The molecule has 3 heterocycles. The monoisotopic (exact) mass is 405 g/mol. The first-order valence-electron chi connectivity index (χ1n) is 9.42. The van der Waals surface area contributed by atoms with Gasteiger partial charge in [0.15, 0.2) is 5.88 Å². The van der Waals surface area contributed by atoms with E-state index in [1.54, 1.807) is 29.7 Å². The number of anilines is 1. The summed E-state index contributed by atoms with van der Waals surface area (Å²) in [5.74, 6) is 1.70. The van der Waals surface area contributed by atoms with Gasteiger partial charge in [-0.15, -0.1) is 11.3 Å². The highest BCUT2D eigenvalue weighted by atomic mass is 32.1. The molecule has 1 saturated heterocycles. The number of phenols is 1. The highest BCUT2D eigenvalue weighted by molar-refractivity contribution is 7.21. The number of aromatic hydroxyl groups is 1. The molecule has 5 rings (SSSR count). The summed E-state index contributed by atoms with van der Waals surface area (Å²) in [6, 6.07) is 17.1. The molecule has 0 unspecified atom stereocenters. The Hall–Kier alpha value is -3.16. The molecule has 2 aromatic carbocycles. The number of aromatic nitrogens is 1. The summed E-state index contributed by atoms with van der Waals surface area (Å²) in [6.45, 7) is 3.08. The molecule has 0 saturated carbocycles. The number of furan rings is 1. The Morgan fingerprint density at radius 1 is 1.07 bits per heavy atom.